The number of nitrogens with zero attached hydrogens (tertiary/aromatic N) is 2. The fourth-order valence-corrected chi connectivity index (χ4v) is 1.31. The SMILES string of the molecule is CC1(CC[C@H](NC(=O)OC(C)(C)C)C(=O)O)N=N1. The number of aliphatic carboxylic acids is 1. The lowest BCUT2D eigenvalue weighted by Gasteiger charge is -2.22. The Morgan fingerprint density at radius 2 is 1.94 bits per heavy atom. The fraction of sp³-hybridized carbons (Fsp3) is 0.818. The molecule has 0 aromatic rings. The second kappa shape index (κ2) is 4.91. The number of hydrogen-bond donors (Lipinski definition) is 2. The zero-order valence-electron chi connectivity index (χ0n) is 11.1. The van der Waals surface area contributed by atoms with Gasteiger partial charge in [0.1, 0.15) is 11.6 Å². The molecule has 1 heterocycles. The van der Waals surface area contributed by atoms with Crippen LogP contribution in [0.5, 0.6) is 0 Å². The average molecular weight is 257 g/mol. The smallest absolute Gasteiger partial charge is 0.408 e. The zero-order chi connectivity index (χ0) is 14.0. The molecule has 0 saturated carbocycles. The minimum Gasteiger partial charge on any atom is -0.480 e. The van der Waals surface area contributed by atoms with Gasteiger partial charge in [0.2, 0.25) is 0 Å². The Labute approximate surface area is 106 Å². The predicted molar refractivity (Wildman–Crippen MR) is 63.3 cm³/mol. The molecular weight excluding hydrogens is 238 g/mol. The number of rotatable bonds is 5. The van der Waals surface area contributed by atoms with Crippen molar-refractivity contribution in [1.29, 1.82) is 0 Å². The van der Waals surface area contributed by atoms with E-state index >= 15 is 0 Å². The molecule has 0 unspecified atom stereocenters. The average Bonchev–Trinajstić information content (AvgIpc) is 2.88. The van der Waals surface area contributed by atoms with Crippen molar-refractivity contribution in [3.8, 4) is 0 Å². The van der Waals surface area contributed by atoms with Crippen LogP contribution in [0.2, 0.25) is 0 Å². The van der Waals surface area contributed by atoms with Crippen molar-refractivity contribution in [3.63, 3.8) is 0 Å². The number of hydrogen-bond acceptors (Lipinski definition) is 5. The molecule has 2 N–H and O–H groups in total. The fourth-order valence-electron chi connectivity index (χ4n) is 1.31. The lowest BCUT2D eigenvalue weighted by molar-refractivity contribution is -0.139. The third-order valence-corrected chi connectivity index (χ3v) is 2.34. The van der Waals surface area contributed by atoms with Crippen LogP contribution in [0.3, 0.4) is 0 Å². The molecule has 0 spiro atoms. The lowest BCUT2D eigenvalue weighted by atomic mass is 10.1. The first-order chi connectivity index (χ1) is 8.11. The van der Waals surface area contributed by atoms with Crippen LogP contribution in [0.25, 0.3) is 0 Å². The Kier molecular flexibility index (Phi) is 3.93. The molecular formula is C11H19N3O4. The largest absolute Gasteiger partial charge is 0.480 e. The molecule has 1 amide bonds. The van der Waals surface area contributed by atoms with Crippen molar-refractivity contribution in [2.45, 2.75) is 57.8 Å². The van der Waals surface area contributed by atoms with Crippen molar-refractivity contribution in [1.82, 2.24) is 5.32 Å². The van der Waals surface area contributed by atoms with Crippen LogP contribution in [-0.2, 0) is 9.53 Å². The van der Waals surface area contributed by atoms with Gasteiger partial charge in [0, 0.05) is 0 Å². The van der Waals surface area contributed by atoms with E-state index in [4.69, 9.17) is 9.84 Å². The van der Waals surface area contributed by atoms with E-state index in [9.17, 15) is 9.59 Å². The van der Waals surface area contributed by atoms with Gasteiger partial charge in [-0.05, 0) is 40.5 Å². The standard InChI is InChI=1S/C11H19N3O4/c1-10(2,3)18-9(17)12-7(8(15)16)5-6-11(4)13-14-11/h7H,5-6H2,1-4H3,(H,12,17)(H,15,16)/t7-/m0/s1. The molecule has 18 heavy (non-hydrogen) atoms. The highest BCUT2D eigenvalue weighted by atomic mass is 16.6. The Morgan fingerprint density at radius 3 is 2.33 bits per heavy atom. The molecule has 0 aliphatic carbocycles. The van der Waals surface area contributed by atoms with Gasteiger partial charge < -0.3 is 15.2 Å². The van der Waals surface area contributed by atoms with Crippen LogP contribution in [0.15, 0.2) is 10.2 Å². The monoisotopic (exact) mass is 257 g/mol. The highest BCUT2D eigenvalue weighted by Gasteiger charge is 2.35. The summed E-state index contributed by atoms with van der Waals surface area (Å²) in [6.45, 7) is 6.95. The highest BCUT2D eigenvalue weighted by Crippen LogP contribution is 2.32. The van der Waals surface area contributed by atoms with Gasteiger partial charge >= 0.3 is 12.1 Å². The van der Waals surface area contributed by atoms with E-state index in [0.717, 1.165) is 0 Å². The van der Waals surface area contributed by atoms with Crippen molar-refractivity contribution >= 4 is 12.1 Å². The van der Waals surface area contributed by atoms with Crippen LogP contribution in [0.1, 0.15) is 40.5 Å². The summed E-state index contributed by atoms with van der Waals surface area (Å²) in [4.78, 5) is 22.5. The maximum atomic E-state index is 11.5. The summed E-state index contributed by atoms with van der Waals surface area (Å²) in [6, 6.07) is -0.984. The molecule has 0 radical (unpaired) electrons. The van der Waals surface area contributed by atoms with Gasteiger partial charge in [-0.15, -0.1) is 0 Å². The van der Waals surface area contributed by atoms with Crippen molar-refractivity contribution in [3.05, 3.63) is 0 Å². The Morgan fingerprint density at radius 1 is 1.39 bits per heavy atom. The molecule has 7 nitrogen and oxygen atoms in total. The van der Waals surface area contributed by atoms with Crippen molar-refractivity contribution in [2.24, 2.45) is 10.2 Å². The van der Waals surface area contributed by atoms with E-state index in [-0.39, 0.29) is 6.42 Å². The van der Waals surface area contributed by atoms with Crippen molar-refractivity contribution < 1.29 is 19.4 Å². The van der Waals surface area contributed by atoms with Gasteiger partial charge in [-0.2, -0.15) is 10.2 Å². The third-order valence-electron chi connectivity index (χ3n) is 2.34. The van der Waals surface area contributed by atoms with E-state index < -0.39 is 29.4 Å². The summed E-state index contributed by atoms with van der Waals surface area (Å²) in [6.07, 6.45) is 0.0161. The Hall–Kier alpha value is -1.66. The number of alkyl carbamates (subject to hydrolysis) is 1. The van der Waals surface area contributed by atoms with Gasteiger partial charge in [-0.25, -0.2) is 9.59 Å². The van der Waals surface area contributed by atoms with Crippen LogP contribution < -0.4 is 5.32 Å². The zero-order valence-corrected chi connectivity index (χ0v) is 11.1. The topological polar surface area (TPSA) is 100 Å². The second-order valence-corrected chi connectivity index (χ2v) is 5.49. The van der Waals surface area contributed by atoms with E-state index in [2.05, 4.69) is 15.5 Å². The predicted octanol–water partition coefficient (Wildman–Crippen LogP) is 1.93. The maximum Gasteiger partial charge on any atom is 0.408 e. The van der Waals surface area contributed by atoms with Gasteiger partial charge in [0.25, 0.3) is 0 Å². The van der Waals surface area contributed by atoms with Crippen LogP contribution in [0, 0.1) is 0 Å². The number of carbonyl (C=O) groups is 2. The molecule has 1 aliphatic rings. The maximum absolute atomic E-state index is 11.5. The third kappa shape index (κ3) is 5.11. The van der Waals surface area contributed by atoms with E-state index in [1.54, 1.807) is 27.7 Å². The summed E-state index contributed by atoms with van der Waals surface area (Å²) in [5.41, 5.74) is -1.12. The summed E-state index contributed by atoms with van der Waals surface area (Å²) in [5, 5.41) is 18.9. The number of carbonyl (C=O) groups excluding carboxylic acids is 1. The number of amides is 1. The molecule has 1 rings (SSSR count). The van der Waals surface area contributed by atoms with Crippen LogP contribution >= 0.6 is 0 Å². The summed E-state index contributed by atoms with van der Waals surface area (Å²) < 4.78 is 5.01. The molecule has 0 bridgehead atoms. The number of nitrogens with one attached hydrogen (secondary N) is 1. The normalized spacial score (nSPS) is 18.0. The molecule has 0 saturated heterocycles. The first-order valence-corrected chi connectivity index (χ1v) is 5.78. The molecule has 0 fully saturated rings. The van der Waals surface area contributed by atoms with Gasteiger partial charge in [-0.3, -0.25) is 0 Å². The van der Waals surface area contributed by atoms with Gasteiger partial charge in [-0.1, -0.05) is 0 Å². The van der Waals surface area contributed by atoms with Gasteiger partial charge in [0.05, 0.1) is 0 Å². The number of carboxylic acids is 1. The lowest BCUT2D eigenvalue weighted by Crippen LogP contribution is -2.43. The van der Waals surface area contributed by atoms with Crippen LogP contribution in [0.4, 0.5) is 4.79 Å². The highest BCUT2D eigenvalue weighted by molar-refractivity contribution is 5.79. The number of carboxylic acid groups (broad SMARTS) is 1. The first-order valence-electron chi connectivity index (χ1n) is 5.78. The quantitative estimate of drug-likeness (QED) is 0.785. The Bertz CT molecular complexity index is 367. The molecule has 0 aromatic carbocycles. The van der Waals surface area contributed by atoms with Gasteiger partial charge in [0.15, 0.2) is 5.66 Å². The summed E-state index contributed by atoms with van der Waals surface area (Å²) in [7, 11) is 0. The summed E-state index contributed by atoms with van der Waals surface area (Å²) in [5.74, 6) is -1.09. The van der Waals surface area contributed by atoms with Crippen LogP contribution in [-0.4, -0.2) is 34.5 Å². The minimum absolute atomic E-state index is 0.262. The molecule has 7 heteroatoms. The van der Waals surface area contributed by atoms with E-state index in [1.807, 2.05) is 0 Å². The summed E-state index contributed by atoms with van der Waals surface area (Å²) >= 11 is 0. The Balaban J connectivity index is 2.42. The second-order valence-electron chi connectivity index (χ2n) is 5.49. The molecule has 102 valence electrons. The molecule has 1 aliphatic heterocycles. The molecule has 1 atom stereocenters. The number of ether oxygens (including phenoxy) is 1. The van der Waals surface area contributed by atoms with Crippen molar-refractivity contribution in [2.75, 3.05) is 0 Å². The molecule has 0 aromatic heterocycles. The van der Waals surface area contributed by atoms with E-state index in [1.165, 1.54) is 0 Å². The first kappa shape index (κ1) is 14.4. The van der Waals surface area contributed by atoms with E-state index in [0.29, 0.717) is 6.42 Å². The minimum atomic E-state index is -1.09.